The summed E-state index contributed by atoms with van der Waals surface area (Å²) in [5.74, 6) is 1.44. The summed E-state index contributed by atoms with van der Waals surface area (Å²) in [6, 6.07) is 3.87. The van der Waals surface area contributed by atoms with Crippen LogP contribution in [0.3, 0.4) is 0 Å². The van der Waals surface area contributed by atoms with E-state index in [0.717, 1.165) is 28.8 Å². The number of nitrogens with one attached hydrogen (secondary N) is 2. The van der Waals surface area contributed by atoms with Crippen LogP contribution in [0.1, 0.15) is 5.56 Å². The average Bonchev–Trinajstić information content (AvgIpc) is 2.39. The van der Waals surface area contributed by atoms with Crippen LogP contribution < -0.4 is 20.1 Å². The number of rotatable bonds is 5. The molecule has 1 aromatic rings. The zero-order chi connectivity index (χ0) is 13.5. The second-order valence-corrected chi connectivity index (χ2v) is 4.82. The Morgan fingerprint density at radius 1 is 1.28 bits per heavy atom. The van der Waals surface area contributed by atoms with Gasteiger partial charge in [-0.1, -0.05) is 15.9 Å². The summed E-state index contributed by atoms with van der Waals surface area (Å²) >= 11 is 8.54. The predicted octanol–water partition coefficient (Wildman–Crippen LogP) is 2.10. The highest BCUT2D eigenvalue weighted by Gasteiger charge is 2.09. The first-order chi connectivity index (χ1) is 8.62. The van der Waals surface area contributed by atoms with Gasteiger partial charge in [-0.3, -0.25) is 0 Å². The van der Waals surface area contributed by atoms with Gasteiger partial charge in [-0.2, -0.15) is 0 Å². The van der Waals surface area contributed by atoms with Crippen LogP contribution in [-0.2, 0) is 6.42 Å². The van der Waals surface area contributed by atoms with E-state index in [-0.39, 0.29) is 0 Å². The lowest BCUT2D eigenvalue weighted by atomic mass is 10.1. The molecule has 0 bridgehead atoms. The van der Waals surface area contributed by atoms with E-state index in [1.165, 1.54) is 0 Å². The molecule has 18 heavy (non-hydrogen) atoms. The first-order valence-electron chi connectivity index (χ1n) is 5.48. The quantitative estimate of drug-likeness (QED) is 0.808. The predicted molar refractivity (Wildman–Crippen MR) is 80.6 cm³/mol. The van der Waals surface area contributed by atoms with Crippen LogP contribution in [0.4, 0.5) is 0 Å². The highest BCUT2D eigenvalue weighted by molar-refractivity contribution is 9.10. The minimum absolute atomic E-state index is 0.645. The maximum absolute atomic E-state index is 5.28. The Kier molecular flexibility index (Phi) is 6.21. The number of methoxy groups -OCH3 is 2. The number of hydrogen-bond donors (Lipinski definition) is 2. The van der Waals surface area contributed by atoms with Crippen LogP contribution in [0, 0.1) is 0 Å². The molecule has 0 unspecified atom stereocenters. The number of hydrogen-bond acceptors (Lipinski definition) is 3. The van der Waals surface area contributed by atoms with E-state index in [1.807, 2.05) is 12.1 Å². The summed E-state index contributed by atoms with van der Waals surface area (Å²) in [4.78, 5) is 0. The van der Waals surface area contributed by atoms with Crippen molar-refractivity contribution in [2.45, 2.75) is 6.42 Å². The molecule has 0 radical (unpaired) electrons. The van der Waals surface area contributed by atoms with Gasteiger partial charge in [-0.25, -0.2) is 0 Å². The molecule has 0 aromatic heterocycles. The Hall–Kier alpha value is -1.01. The Bertz CT molecular complexity index is 427. The zero-order valence-electron chi connectivity index (χ0n) is 10.7. The van der Waals surface area contributed by atoms with Gasteiger partial charge in [-0.05, 0) is 36.3 Å². The monoisotopic (exact) mass is 332 g/mol. The second kappa shape index (κ2) is 7.43. The molecule has 0 heterocycles. The first-order valence-corrected chi connectivity index (χ1v) is 6.68. The molecule has 100 valence electrons. The molecule has 0 saturated carbocycles. The summed E-state index contributed by atoms with van der Waals surface area (Å²) in [5, 5.41) is 6.62. The van der Waals surface area contributed by atoms with E-state index in [0.29, 0.717) is 10.9 Å². The third-order valence-electron chi connectivity index (χ3n) is 2.46. The third kappa shape index (κ3) is 4.03. The third-order valence-corrected chi connectivity index (χ3v) is 3.55. The fraction of sp³-hybridized carbons (Fsp3) is 0.417. The van der Waals surface area contributed by atoms with Crippen LogP contribution in [-0.4, -0.2) is 32.9 Å². The summed E-state index contributed by atoms with van der Waals surface area (Å²) < 4.78 is 11.5. The fourth-order valence-corrected chi connectivity index (χ4v) is 2.11. The highest BCUT2D eigenvalue weighted by atomic mass is 79.9. The standard InChI is InChI=1S/C12H17BrN2O2S/c1-14-12(18)15-5-4-8-6-10(16-2)11(17-3)7-9(8)13/h6-7H,4-5H2,1-3H3,(H2,14,15,18). The lowest BCUT2D eigenvalue weighted by Gasteiger charge is -2.12. The van der Waals surface area contributed by atoms with Gasteiger partial charge in [0.2, 0.25) is 0 Å². The zero-order valence-corrected chi connectivity index (χ0v) is 13.1. The highest BCUT2D eigenvalue weighted by Crippen LogP contribution is 2.33. The van der Waals surface area contributed by atoms with Gasteiger partial charge in [0, 0.05) is 18.1 Å². The van der Waals surface area contributed by atoms with Crippen LogP contribution in [0.25, 0.3) is 0 Å². The van der Waals surface area contributed by atoms with Crippen LogP contribution >= 0.6 is 28.1 Å². The Morgan fingerprint density at radius 3 is 2.44 bits per heavy atom. The molecule has 0 saturated heterocycles. The topological polar surface area (TPSA) is 42.5 Å². The SMILES string of the molecule is CNC(=S)NCCc1cc(OC)c(OC)cc1Br. The molecule has 0 fully saturated rings. The van der Waals surface area contributed by atoms with E-state index < -0.39 is 0 Å². The van der Waals surface area contributed by atoms with Crippen molar-refractivity contribution in [3.8, 4) is 11.5 Å². The Labute approximate surface area is 121 Å². The molecule has 0 aliphatic carbocycles. The second-order valence-electron chi connectivity index (χ2n) is 3.55. The molecule has 1 rings (SSSR count). The first kappa shape index (κ1) is 15.0. The van der Waals surface area contributed by atoms with Crippen molar-refractivity contribution in [2.24, 2.45) is 0 Å². The summed E-state index contributed by atoms with van der Waals surface area (Å²) in [6.45, 7) is 0.758. The van der Waals surface area contributed by atoms with Gasteiger partial charge in [0.15, 0.2) is 16.6 Å². The molecular formula is C12H17BrN2O2S. The molecule has 4 nitrogen and oxygen atoms in total. The maximum Gasteiger partial charge on any atom is 0.166 e. The van der Waals surface area contributed by atoms with Crippen molar-refractivity contribution in [2.75, 3.05) is 27.8 Å². The summed E-state index contributed by atoms with van der Waals surface area (Å²) in [5.41, 5.74) is 1.14. The summed E-state index contributed by atoms with van der Waals surface area (Å²) in [6.07, 6.45) is 0.836. The van der Waals surface area contributed by atoms with E-state index in [1.54, 1.807) is 21.3 Å². The Morgan fingerprint density at radius 2 is 1.89 bits per heavy atom. The van der Waals surface area contributed by atoms with Gasteiger partial charge in [0.25, 0.3) is 0 Å². The van der Waals surface area contributed by atoms with E-state index in [2.05, 4.69) is 26.6 Å². The number of benzene rings is 1. The largest absolute Gasteiger partial charge is 0.493 e. The number of thiocarbonyl (C=S) groups is 1. The van der Waals surface area contributed by atoms with E-state index in [4.69, 9.17) is 21.7 Å². The van der Waals surface area contributed by atoms with Gasteiger partial charge in [0.05, 0.1) is 14.2 Å². The van der Waals surface area contributed by atoms with Gasteiger partial charge >= 0.3 is 0 Å². The number of halogens is 1. The van der Waals surface area contributed by atoms with Crippen molar-refractivity contribution in [3.05, 3.63) is 22.2 Å². The molecule has 0 atom stereocenters. The fourth-order valence-electron chi connectivity index (χ4n) is 1.49. The van der Waals surface area contributed by atoms with Gasteiger partial charge in [-0.15, -0.1) is 0 Å². The van der Waals surface area contributed by atoms with E-state index in [9.17, 15) is 0 Å². The molecule has 2 N–H and O–H groups in total. The smallest absolute Gasteiger partial charge is 0.166 e. The molecule has 0 aliphatic heterocycles. The molecule has 0 spiro atoms. The van der Waals surface area contributed by atoms with Crippen molar-refractivity contribution in [3.63, 3.8) is 0 Å². The lowest BCUT2D eigenvalue weighted by molar-refractivity contribution is 0.354. The molecule has 6 heteroatoms. The minimum atomic E-state index is 0.645. The number of ether oxygens (including phenoxy) is 2. The molecule has 0 amide bonds. The molecular weight excluding hydrogens is 316 g/mol. The van der Waals surface area contributed by atoms with Crippen molar-refractivity contribution in [1.82, 2.24) is 10.6 Å². The van der Waals surface area contributed by atoms with Gasteiger partial charge < -0.3 is 20.1 Å². The van der Waals surface area contributed by atoms with Crippen molar-refractivity contribution < 1.29 is 9.47 Å². The Balaban J connectivity index is 2.73. The molecule has 1 aromatic carbocycles. The van der Waals surface area contributed by atoms with Crippen molar-refractivity contribution in [1.29, 1.82) is 0 Å². The van der Waals surface area contributed by atoms with E-state index >= 15 is 0 Å². The maximum atomic E-state index is 5.28. The minimum Gasteiger partial charge on any atom is -0.493 e. The average molecular weight is 333 g/mol. The van der Waals surface area contributed by atoms with Crippen LogP contribution in [0.2, 0.25) is 0 Å². The van der Waals surface area contributed by atoms with Crippen molar-refractivity contribution >= 4 is 33.3 Å². The van der Waals surface area contributed by atoms with Crippen LogP contribution in [0.5, 0.6) is 11.5 Å². The summed E-state index contributed by atoms with van der Waals surface area (Å²) in [7, 11) is 5.04. The van der Waals surface area contributed by atoms with Gasteiger partial charge in [0.1, 0.15) is 0 Å². The van der Waals surface area contributed by atoms with Crippen LogP contribution in [0.15, 0.2) is 16.6 Å². The molecule has 0 aliphatic rings. The normalized spacial score (nSPS) is 9.78. The lowest BCUT2D eigenvalue weighted by Crippen LogP contribution is -2.33.